The highest BCUT2D eigenvalue weighted by molar-refractivity contribution is 5.92. The van der Waals surface area contributed by atoms with E-state index in [1.165, 1.54) is 4.68 Å². The van der Waals surface area contributed by atoms with E-state index in [1.54, 1.807) is 6.07 Å². The molecule has 1 rings (SSSR count). The molecule has 0 aliphatic rings. The van der Waals surface area contributed by atoms with Crippen molar-refractivity contribution in [1.82, 2.24) is 14.7 Å². The van der Waals surface area contributed by atoms with E-state index in [9.17, 15) is 13.6 Å². The van der Waals surface area contributed by atoms with E-state index < -0.39 is 18.9 Å². The van der Waals surface area contributed by atoms with E-state index in [2.05, 4.69) is 5.10 Å². The maximum atomic E-state index is 12.4. The Bertz CT molecular complexity index is 421. The standard InChI is InChI=1S/C12H19F2N3O2/c1-3-9-7-10(17(4-2)15-9)12(19)16(5-6-18)8-11(13)14/h7,11,18H,3-6,8H2,1-2H3. The molecule has 0 fully saturated rings. The molecule has 0 aromatic carbocycles. The molecule has 0 atom stereocenters. The Morgan fingerprint density at radius 2 is 2.21 bits per heavy atom. The first-order valence-electron chi connectivity index (χ1n) is 6.28. The lowest BCUT2D eigenvalue weighted by molar-refractivity contribution is 0.0499. The minimum atomic E-state index is -2.63. The van der Waals surface area contributed by atoms with Gasteiger partial charge in [0.1, 0.15) is 5.69 Å². The van der Waals surface area contributed by atoms with Crippen molar-refractivity contribution >= 4 is 5.91 Å². The van der Waals surface area contributed by atoms with Crippen molar-refractivity contribution in [3.63, 3.8) is 0 Å². The molecule has 1 N–H and O–H groups in total. The van der Waals surface area contributed by atoms with Crippen molar-refractivity contribution in [3.05, 3.63) is 17.5 Å². The Morgan fingerprint density at radius 1 is 1.53 bits per heavy atom. The number of amides is 1. The van der Waals surface area contributed by atoms with Gasteiger partial charge in [0, 0.05) is 13.1 Å². The first-order chi connectivity index (χ1) is 9.03. The summed E-state index contributed by atoms with van der Waals surface area (Å²) in [6, 6.07) is 1.61. The Hall–Kier alpha value is -1.50. The van der Waals surface area contributed by atoms with Gasteiger partial charge in [0.2, 0.25) is 0 Å². The normalized spacial score (nSPS) is 11.1. The van der Waals surface area contributed by atoms with Crippen LogP contribution in [0.3, 0.4) is 0 Å². The third-order valence-corrected chi connectivity index (χ3v) is 2.73. The fraction of sp³-hybridized carbons (Fsp3) is 0.667. The molecule has 7 heteroatoms. The molecule has 0 aliphatic carbocycles. The molecule has 108 valence electrons. The molecule has 0 radical (unpaired) electrons. The number of hydrogen-bond acceptors (Lipinski definition) is 3. The molecule has 0 aliphatic heterocycles. The minimum absolute atomic E-state index is 0.112. The summed E-state index contributed by atoms with van der Waals surface area (Å²) in [5.41, 5.74) is 1.03. The van der Waals surface area contributed by atoms with E-state index in [0.29, 0.717) is 13.0 Å². The average molecular weight is 275 g/mol. The molecule has 1 amide bonds. The van der Waals surface area contributed by atoms with Gasteiger partial charge < -0.3 is 10.0 Å². The Kier molecular flexibility index (Phi) is 5.88. The molecule has 0 spiro atoms. The molecule has 0 unspecified atom stereocenters. The summed E-state index contributed by atoms with van der Waals surface area (Å²) in [4.78, 5) is 13.2. The van der Waals surface area contributed by atoms with E-state index >= 15 is 0 Å². The molecule has 0 saturated carbocycles. The fourth-order valence-electron chi connectivity index (χ4n) is 1.78. The lowest BCUT2D eigenvalue weighted by Gasteiger charge is -2.21. The average Bonchev–Trinajstić information content (AvgIpc) is 2.80. The molecule has 1 aromatic heterocycles. The van der Waals surface area contributed by atoms with Crippen molar-refractivity contribution in [3.8, 4) is 0 Å². The lowest BCUT2D eigenvalue weighted by Crippen LogP contribution is -2.38. The number of carbonyl (C=O) groups is 1. The number of aliphatic hydroxyl groups excluding tert-OH is 1. The van der Waals surface area contributed by atoms with Gasteiger partial charge in [-0.1, -0.05) is 6.92 Å². The molecule has 0 bridgehead atoms. The van der Waals surface area contributed by atoms with Crippen LogP contribution >= 0.6 is 0 Å². The first kappa shape index (κ1) is 15.6. The number of carbonyl (C=O) groups excluding carboxylic acids is 1. The van der Waals surface area contributed by atoms with Crippen LogP contribution in [-0.2, 0) is 13.0 Å². The van der Waals surface area contributed by atoms with Crippen LogP contribution < -0.4 is 0 Å². The van der Waals surface area contributed by atoms with Gasteiger partial charge in [-0.25, -0.2) is 8.78 Å². The lowest BCUT2D eigenvalue weighted by atomic mass is 10.2. The molecule has 1 heterocycles. The number of alkyl halides is 2. The van der Waals surface area contributed by atoms with Gasteiger partial charge in [-0.05, 0) is 19.4 Å². The third kappa shape index (κ3) is 3.99. The van der Waals surface area contributed by atoms with Gasteiger partial charge in [-0.15, -0.1) is 0 Å². The zero-order valence-electron chi connectivity index (χ0n) is 11.1. The van der Waals surface area contributed by atoms with Crippen LogP contribution in [0, 0.1) is 0 Å². The largest absolute Gasteiger partial charge is 0.395 e. The van der Waals surface area contributed by atoms with Gasteiger partial charge in [0.15, 0.2) is 0 Å². The number of halogens is 2. The van der Waals surface area contributed by atoms with Gasteiger partial charge in [0.05, 0.1) is 18.8 Å². The van der Waals surface area contributed by atoms with Gasteiger partial charge in [-0.2, -0.15) is 5.10 Å². The predicted molar refractivity (Wildman–Crippen MR) is 66.3 cm³/mol. The maximum absolute atomic E-state index is 12.4. The van der Waals surface area contributed by atoms with E-state index in [-0.39, 0.29) is 18.8 Å². The summed E-state index contributed by atoms with van der Waals surface area (Å²) in [6.45, 7) is 3.07. The molecule has 1 aromatic rings. The number of nitrogens with zero attached hydrogens (tertiary/aromatic N) is 3. The van der Waals surface area contributed by atoms with Crippen LogP contribution in [0.1, 0.15) is 30.0 Å². The molecule has 19 heavy (non-hydrogen) atoms. The summed E-state index contributed by atoms with van der Waals surface area (Å²) in [5.74, 6) is -0.525. The Balaban J connectivity index is 2.97. The van der Waals surface area contributed by atoms with Crippen LogP contribution in [0.4, 0.5) is 8.78 Å². The number of hydrogen-bond donors (Lipinski definition) is 1. The Labute approximate surface area is 110 Å². The van der Waals surface area contributed by atoms with E-state index in [4.69, 9.17) is 5.11 Å². The SMILES string of the molecule is CCc1cc(C(=O)N(CCO)CC(F)F)n(CC)n1. The first-order valence-corrected chi connectivity index (χ1v) is 6.28. The zero-order valence-corrected chi connectivity index (χ0v) is 11.1. The minimum Gasteiger partial charge on any atom is -0.395 e. The number of aliphatic hydroxyl groups is 1. The molecular weight excluding hydrogens is 256 g/mol. The van der Waals surface area contributed by atoms with E-state index in [1.807, 2.05) is 13.8 Å². The molecular formula is C12H19F2N3O2. The van der Waals surface area contributed by atoms with Crippen LogP contribution in [0.2, 0.25) is 0 Å². The summed E-state index contributed by atoms with van der Waals surface area (Å²) in [6.07, 6.45) is -1.96. The maximum Gasteiger partial charge on any atom is 0.272 e. The number of aryl methyl sites for hydroxylation is 2. The Morgan fingerprint density at radius 3 is 2.68 bits per heavy atom. The monoisotopic (exact) mass is 275 g/mol. The van der Waals surface area contributed by atoms with Gasteiger partial charge in [-0.3, -0.25) is 9.48 Å². The van der Waals surface area contributed by atoms with Crippen molar-refractivity contribution in [1.29, 1.82) is 0 Å². The predicted octanol–water partition coefficient (Wildman–Crippen LogP) is 1.16. The van der Waals surface area contributed by atoms with Crippen LogP contribution in [0.25, 0.3) is 0 Å². The van der Waals surface area contributed by atoms with Gasteiger partial charge >= 0.3 is 0 Å². The third-order valence-electron chi connectivity index (χ3n) is 2.73. The van der Waals surface area contributed by atoms with Crippen molar-refractivity contribution < 1.29 is 18.7 Å². The number of aromatic nitrogens is 2. The summed E-state index contributed by atoms with van der Waals surface area (Å²) in [7, 11) is 0. The highest BCUT2D eigenvalue weighted by Gasteiger charge is 2.23. The van der Waals surface area contributed by atoms with Crippen molar-refractivity contribution in [2.75, 3.05) is 19.7 Å². The van der Waals surface area contributed by atoms with Crippen molar-refractivity contribution in [2.45, 2.75) is 33.2 Å². The topological polar surface area (TPSA) is 58.4 Å². The smallest absolute Gasteiger partial charge is 0.272 e. The van der Waals surface area contributed by atoms with Gasteiger partial charge in [0.25, 0.3) is 12.3 Å². The molecule has 5 nitrogen and oxygen atoms in total. The second-order valence-corrected chi connectivity index (χ2v) is 4.06. The fourth-order valence-corrected chi connectivity index (χ4v) is 1.78. The molecule has 0 saturated heterocycles. The van der Waals surface area contributed by atoms with Crippen LogP contribution in [-0.4, -0.2) is 51.8 Å². The zero-order chi connectivity index (χ0) is 14.4. The second-order valence-electron chi connectivity index (χ2n) is 4.06. The summed E-state index contributed by atoms with van der Waals surface area (Å²) in [5, 5.41) is 13.1. The van der Waals surface area contributed by atoms with E-state index in [0.717, 1.165) is 10.6 Å². The van der Waals surface area contributed by atoms with Crippen molar-refractivity contribution in [2.24, 2.45) is 0 Å². The quantitative estimate of drug-likeness (QED) is 0.812. The highest BCUT2D eigenvalue weighted by atomic mass is 19.3. The second kappa shape index (κ2) is 7.18. The van der Waals surface area contributed by atoms with Crippen LogP contribution in [0.5, 0.6) is 0 Å². The summed E-state index contributed by atoms with van der Waals surface area (Å²) < 4.78 is 26.4. The highest BCUT2D eigenvalue weighted by Crippen LogP contribution is 2.10. The number of rotatable bonds is 7. The summed E-state index contributed by atoms with van der Waals surface area (Å²) >= 11 is 0. The van der Waals surface area contributed by atoms with Crippen LogP contribution in [0.15, 0.2) is 6.07 Å².